The fraction of sp³-hybridized carbons (Fsp3) is 0.167. The topological polar surface area (TPSA) is 74.6 Å². The maximum Gasteiger partial charge on any atom is 0.336 e. The molecule has 0 atom stereocenters. The van der Waals surface area contributed by atoms with E-state index in [0.717, 1.165) is 23.1 Å². The summed E-state index contributed by atoms with van der Waals surface area (Å²) < 4.78 is 0. The Kier molecular flexibility index (Phi) is 6.22. The number of benzene rings is 3. The molecule has 4 heteroatoms. The molecular weight excluding hydrogens is 352 g/mol. The Balaban J connectivity index is 1.96. The van der Waals surface area contributed by atoms with Crippen molar-refractivity contribution in [2.75, 3.05) is 0 Å². The number of carboxylic acids is 2. The second-order valence-corrected chi connectivity index (χ2v) is 6.71. The van der Waals surface area contributed by atoms with Crippen molar-refractivity contribution >= 4 is 11.9 Å². The van der Waals surface area contributed by atoms with Crippen LogP contribution in [0.3, 0.4) is 0 Å². The van der Waals surface area contributed by atoms with Crippen LogP contribution in [-0.2, 0) is 25.7 Å². The molecule has 0 aliphatic carbocycles. The Labute approximate surface area is 164 Å². The maximum absolute atomic E-state index is 11.9. The number of rotatable bonds is 8. The van der Waals surface area contributed by atoms with Crippen molar-refractivity contribution in [2.24, 2.45) is 0 Å². The highest BCUT2D eigenvalue weighted by Crippen LogP contribution is 2.24. The van der Waals surface area contributed by atoms with Crippen molar-refractivity contribution in [3.8, 4) is 0 Å². The molecule has 0 saturated carbocycles. The van der Waals surface area contributed by atoms with Gasteiger partial charge >= 0.3 is 11.9 Å². The molecule has 0 aromatic heterocycles. The minimum atomic E-state index is -1.21. The van der Waals surface area contributed by atoms with Gasteiger partial charge in [0.2, 0.25) is 0 Å². The van der Waals surface area contributed by atoms with Gasteiger partial charge in [-0.2, -0.15) is 0 Å². The van der Waals surface area contributed by atoms with Crippen molar-refractivity contribution in [3.63, 3.8) is 0 Å². The zero-order chi connectivity index (χ0) is 19.9. The van der Waals surface area contributed by atoms with Crippen LogP contribution in [0.25, 0.3) is 0 Å². The average Bonchev–Trinajstić information content (AvgIpc) is 2.71. The number of aromatic carboxylic acids is 2. The molecule has 0 bridgehead atoms. The summed E-state index contributed by atoms with van der Waals surface area (Å²) in [7, 11) is 0. The van der Waals surface area contributed by atoms with Crippen molar-refractivity contribution < 1.29 is 19.8 Å². The molecule has 3 aromatic carbocycles. The van der Waals surface area contributed by atoms with Gasteiger partial charge in [0.25, 0.3) is 0 Å². The highest BCUT2D eigenvalue weighted by atomic mass is 16.4. The summed E-state index contributed by atoms with van der Waals surface area (Å²) in [6.45, 7) is 0. The molecule has 0 radical (unpaired) electrons. The van der Waals surface area contributed by atoms with Crippen LogP contribution in [-0.4, -0.2) is 22.2 Å². The first kappa shape index (κ1) is 19.4. The number of aryl methyl sites for hydroxylation is 3. The molecule has 0 fully saturated rings. The van der Waals surface area contributed by atoms with E-state index >= 15 is 0 Å². The maximum atomic E-state index is 11.9. The second-order valence-electron chi connectivity index (χ2n) is 6.71. The predicted octanol–water partition coefficient (Wildman–Crippen LogP) is 4.65. The Morgan fingerprint density at radius 1 is 0.607 bits per heavy atom. The van der Waals surface area contributed by atoms with E-state index in [-0.39, 0.29) is 11.1 Å². The molecule has 2 N–H and O–H groups in total. The first-order valence-electron chi connectivity index (χ1n) is 9.25. The Bertz CT molecular complexity index is 963. The zero-order valence-corrected chi connectivity index (χ0v) is 15.5. The average molecular weight is 374 g/mol. The van der Waals surface area contributed by atoms with E-state index in [1.165, 1.54) is 6.07 Å². The Morgan fingerprint density at radius 2 is 1.14 bits per heavy atom. The summed E-state index contributed by atoms with van der Waals surface area (Å²) in [5.41, 5.74) is 3.52. The van der Waals surface area contributed by atoms with Gasteiger partial charge < -0.3 is 10.2 Å². The van der Waals surface area contributed by atoms with Crippen LogP contribution in [0.4, 0.5) is 0 Å². The van der Waals surface area contributed by atoms with Gasteiger partial charge in [-0.1, -0.05) is 66.7 Å². The normalized spacial score (nSPS) is 10.6. The Hall–Kier alpha value is -3.40. The smallest absolute Gasteiger partial charge is 0.336 e. The largest absolute Gasteiger partial charge is 0.478 e. The lowest BCUT2D eigenvalue weighted by Crippen LogP contribution is -2.15. The van der Waals surface area contributed by atoms with Crippen LogP contribution in [0.1, 0.15) is 43.0 Å². The third kappa shape index (κ3) is 4.65. The molecule has 0 heterocycles. The fourth-order valence-corrected chi connectivity index (χ4v) is 3.47. The summed E-state index contributed by atoms with van der Waals surface area (Å²) in [6.07, 6.45) is 2.57. The van der Waals surface area contributed by atoms with E-state index < -0.39 is 11.9 Å². The minimum Gasteiger partial charge on any atom is -0.478 e. The van der Waals surface area contributed by atoms with Gasteiger partial charge in [-0.25, -0.2) is 9.59 Å². The first-order chi connectivity index (χ1) is 13.6. The molecule has 0 saturated heterocycles. The monoisotopic (exact) mass is 374 g/mol. The van der Waals surface area contributed by atoms with Crippen molar-refractivity contribution in [1.29, 1.82) is 0 Å². The number of carboxylic acid groups (broad SMARTS) is 2. The summed E-state index contributed by atoms with van der Waals surface area (Å²) in [4.78, 5) is 23.5. The van der Waals surface area contributed by atoms with Crippen LogP contribution in [0.15, 0.2) is 72.8 Å². The highest BCUT2D eigenvalue weighted by Gasteiger charge is 2.22. The van der Waals surface area contributed by atoms with Gasteiger partial charge in [0, 0.05) is 0 Å². The van der Waals surface area contributed by atoms with Gasteiger partial charge in [-0.15, -0.1) is 0 Å². The van der Waals surface area contributed by atoms with Gasteiger partial charge in [0.15, 0.2) is 0 Å². The van der Waals surface area contributed by atoms with Crippen molar-refractivity contribution in [3.05, 3.63) is 106 Å². The predicted molar refractivity (Wildman–Crippen MR) is 108 cm³/mol. The quantitative estimate of drug-likeness (QED) is 0.602. The second kappa shape index (κ2) is 9.00. The molecule has 142 valence electrons. The van der Waals surface area contributed by atoms with E-state index in [2.05, 4.69) is 0 Å². The first-order valence-corrected chi connectivity index (χ1v) is 9.25. The highest BCUT2D eigenvalue weighted by molar-refractivity contribution is 6.03. The molecule has 3 rings (SSSR count). The van der Waals surface area contributed by atoms with Crippen LogP contribution < -0.4 is 0 Å². The molecule has 28 heavy (non-hydrogen) atoms. The van der Waals surface area contributed by atoms with Crippen LogP contribution in [0.2, 0.25) is 0 Å². The standard InChI is InChI=1S/C24H22O4/c25-23(26)21-16-14-19(13-11-17-7-3-1-4-8-17)20(22(21)24(27)28)15-12-18-9-5-2-6-10-18/h1-10,14,16H,11-13,15H2,(H,25,26)(H,27,28). The van der Waals surface area contributed by atoms with Gasteiger partial charge in [-0.3, -0.25) is 0 Å². The fourth-order valence-electron chi connectivity index (χ4n) is 3.47. The lowest BCUT2D eigenvalue weighted by atomic mass is 9.89. The lowest BCUT2D eigenvalue weighted by molar-refractivity contribution is 0.0650. The van der Waals surface area contributed by atoms with Gasteiger partial charge in [0.05, 0.1) is 11.1 Å². The molecule has 4 nitrogen and oxygen atoms in total. The van der Waals surface area contributed by atoms with Gasteiger partial charge in [0.1, 0.15) is 0 Å². The third-order valence-corrected chi connectivity index (χ3v) is 4.89. The summed E-state index contributed by atoms with van der Waals surface area (Å²) >= 11 is 0. The molecule has 0 aliphatic rings. The van der Waals surface area contributed by atoms with E-state index in [1.807, 2.05) is 60.7 Å². The minimum absolute atomic E-state index is 0.0889. The molecule has 0 unspecified atom stereocenters. The van der Waals surface area contributed by atoms with E-state index in [9.17, 15) is 19.8 Å². The number of carbonyl (C=O) groups is 2. The lowest BCUT2D eigenvalue weighted by Gasteiger charge is -2.15. The van der Waals surface area contributed by atoms with Crippen molar-refractivity contribution in [1.82, 2.24) is 0 Å². The molecule has 0 aliphatic heterocycles. The van der Waals surface area contributed by atoms with Crippen LogP contribution >= 0.6 is 0 Å². The Morgan fingerprint density at radius 3 is 1.64 bits per heavy atom. The number of hydrogen-bond acceptors (Lipinski definition) is 2. The molecule has 3 aromatic rings. The number of hydrogen-bond donors (Lipinski definition) is 2. The van der Waals surface area contributed by atoms with Crippen molar-refractivity contribution in [2.45, 2.75) is 25.7 Å². The third-order valence-electron chi connectivity index (χ3n) is 4.89. The van der Waals surface area contributed by atoms with Gasteiger partial charge in [-0.05, 0) is 54.0 Å². The molecule has 0 amide bonds. The van der Waals surface area contributed by atoms with E-state index in [0.29, 0.717) is 24.8 Å². The van der Waals surface area contributed by atoms with Crippen LogP contribution in [0, 0.1) is 0 Å². The SMILES string of the molecule is O=C(O)c1ccc(CCc2ccccc2)c(CCc2ccccc2)c1C(=O)O. The van der Waals surface area contributed by atoms with E-state index in [1.54, 1.807) is 6.07 Å². The zero-order valence-electron chi connectivity index (χ0n) is 15.5. The summed E-state index contributed by atoms with van der Waals surface area (Å²) in [5.74, 6) is -2.41. The van der Waals surface area contributed by atoms with Crippen LogP contribution in [0.5, 0.6) is 0 Å². The summed E-state index contributed by atoms with van der Waals surface area (Å²) in [5, 5.41) is 19.2. The summed E-state index contributed by atoms with van der Waals surface area (Å²) in [6, 6.07) is 23.0. The molecule has 0 spiro atoms. The molecular formula is C24H22O4. The van der Waals surface area contributed by atoms with E-state index in [4.69, 9.17) is 0 Å².